The summed E-state index contributed by atoms with van der Waals surface area (Å²) in [5, 5.41) is 8.47. The van der Waals surface area contributed by atoms with Gasteiger partial charge in [0.05, 0.1) is 13.0 Å². The number of unbranched alkanes of at least 4 members (excludes halogenated alkanes) is 1. The molecule has 0 spiro atoms. The monoisotopic (exact) mass is 284 g/mol. The molecule has 0 aliphatic rings. The summed E-state index contributed by atoms with van der Waals surface area (Å²) >= 11 is 0. The maximum atomic E-state index is 11.4. The van der Waals surface area contributed by atoms with Crippen LogP contribution in [0.4, 0.5) is 0 Å². The van der Waals surface area contributed by atoms with E-state index in [-0.39, 0.29) is 12.2 Å². The second-order valence-electron chi connectivity index (χ2n) is 4.36. The largest absolute Gasteiger partial charge is 0.494 e. The standard InChI is InChI=1S/C14H20O4S/c1-12-5-4-6-13(11-12)18-8-2-3-9-19(17)10-7-14(15)16/h4-6,11H,2-3,7-10H2,1H3,(H,15,16). The van der Waals surface area contributed by atoms with Crippen LogP contribution in [0.3, 0.4) is 0 Å². The molecule has 1 rings (SSSR count). The molecule has 0 aliphatic carbocycles. The third kappa shape index (κ3) is 7.62. The molecule has 0 fully saturated rings. The molecular weight excluding hydrogens is 264 g/mol. The number of carboxylic acid groups (broad SMARTS) is 1. The van der Waals surface area contributed by atoms with Crippen LogP contribution in [0.5, 0.6) is 5.75 Å². The lowest BCUT2D eigenvalue weighted by Gasteiger charge is -2.06. The van der Waals surface area contributed by atoms with E-state index in [0.29, 0.717) is 12.4 Å². The van der Waals surface area contributed by atoms with Crippen molar-refractivity contribution >= 4 is 16.8 Å². The van der Waals surface area contributed by atoms with E-state index in [1.807, 2.05) is 31.2 Å². The average Bonchev–Trinajstić information content (AvgIpc) is 2.36. The smallest absolute Gasteiger partial charge is 0.304 e. The number of hydrogen-bond acceptors (Lipinski definition) is 3. The van der Waals surface area contributed by atoms with Gasteiger partial charge in [-0.05, 0) is 37.5 Å². The molecule has 0 bridgehead atoms. The summed E-state index contributed by atoms with van der Waals surface area (Å²) in [5.41, 5.74) is 1.16. The van der Waals surface area contributed by atoms with Gasteiger partial charge in [0.2, 0.25) is 0 Å². The van der Waals surface area contributed by atoms with Crippen LogP contribution in [0.1, 0.15) is 24.8 Å². The highest BCUT2D eigenvalue weighted by Gasteiger charge is 2.03. The Hall–Kier alpha value is -1.36. The minimum atomic E-state index is -1.03. The highest BCUT2D eigenvalue weighted by molar-refractivity contribution is 7.84. The van der Waals surface area contributed by atoms with Crippen LogP contribution in [-0.4, -0.2) is 33.4 Å². The molecule has 0 aromatic heterocycles. The van der Waals surface area contributed by atoms with Gasteiger partial charge in [0.15, 0.2) is 0 Å². The summed E-state index contributed by atoms with van der Waals surface area (Å²) in [6.45, 7) is 2.61. The maximum Gasteiger partial charge on any atom is 0.304 e. The minimum absolute atomic E-state index is 0.0214. The van der Waals surface area contributed by atoms with E-state index in [4.69, 9.17) is 9.84 Å². The van der Waals surface area contributed by atoms with Crippen molar-refractivity contribution in [3.05, 3.63) is 29.8 Å². The molecule has 0 aliphatic heterocycles. The fourth-order valence-electron chi connectivity index (χ4n) is 1.56. The van der Waals surface area contributed by atoms with Crippen LogP contribution < -0.4 is 4.74 Å². The zero-order valence-corrected chi connectivity index (χ0v) is 11.9. The van der Waals surface area contributed by atoms with Gasteiger partial charge < -0.3 is 9.84 Å². The van der Waals surface area contributed by atoms with E-state index in [1.165, 1.54) is 0 Å². The van der Waals surface area contributed by atoms with Gasteiger partial charge >= 0.3 is 5.97 Å². The van der Waals surface area contributed by atoms with Gasteiger partial charge in [0, 0.05) is 22.3 Å². The quantitative estimate of drug-likeness (QED) is 0.707. The number of carboxylic acids is 1. The molecule has 0 saturated carbocycles. The molecule has 1 aromatic carbocycles. The Balaban J connectivity index is 2.08. The summed E-state index contributed by atoms with van der Waals surface area (Å²) < 4.78 is 17.0. The molecule has 5 heteroatoms. The van der Waals surface area contributed by atoms with Gasteiger partial charge in [-0.25, -0.2) is 0 Å². The van der Waals surface area contributed by atoms with E-state index in [0.717, 1.165) is 24.2 Å². The molecule has 1 unspecified atom stereocenters. The van der Waals surface area contributed by atoms with Crippen molar-refractivity contribution in [2.75, 3.05) is 18.1 Å². The Morgan fingerprint density at radius 2 is 2.11 bits per heavy atom. The number of benzene rings is 1. The molecule has 1 N–H and O–H groups in total. The van der Waals surface area contributed by atoms with Crippen LogP contribution in [0, 0.1) is 6.92 Å². The normalized spacial score (nSPS) is 12.1. The Kier molecular flexibility index (Phi) is 7.18. The Morgan fingerprint density at radius 1 is 1.32 bits per heavy atom. The Labute approximate surface area is 116 Å². The summed E-state index contributed by atoms with van der Waals surface area (Å²) in [6.07, 6.45) is 1.59. The third-order valence-corrected chi connectivity index (χ3v) is 3.97. The number of aliphatic carboxylic acids is 1. The van der Waals surface area contributed by atoms with Crippen molar-refractivity contribution in [1.29, 1.82) is 0 Å². The van der Waals surface area contributed by atoms with E-state index in [1.54, 1.807) is 0 Å². The summed E-state index contributed by atoms with van der Waals surface area (Å²) in [4.78, 5) is 10.3. The van der Waals surface area contributed by atoms with Crippen molar-refractivity contribution in [1.82, 2.24) is 0 Å². The fourth-order valence-corrected chi connectivity index (χ4v) is 2.70. The van der Waals surface area contributed by atoms with Gasteiger partial charge in [-0.3, -0.25) is 9.00 Å². The van der Waals surface area contributed by atoms with Gasteiger partial charge in [0.1, 0.15) is 5.75 Å². The zero-order valence-electron chi connectivity index (χ0n) is 11.1. The molecular formula is C14H20O4S. The van der Waals surface area contributed by atoms with Gasteiger partial charge in [0.25, 0.3) is 0 Å². The number of hydrogen-bond donors (Lipinski definition) is 1. The first-order valence-corrected chi connectivity index (χ1v) is 7.83. The maximum absolute atomic E-state index is 11.4. The SMILES string of the molecule is Cc1cccc(OCCCCS(=O)CCC(=O)O)c1. The first-order chi connectivity index (χ1) is 9.08. The summed E-state index contributed by atoms with van der Waals surface area (Å²) in [6, 6.07) is 7.85. The van der Waals surface area contributed by atoms with Crippen molar-refractivity contribution in [2.45, 2.75) is 26.2 Å². The molecule has 1 atom stereocenters. The molecule has 0 radical (unpaired) electrons. The van der Waals surface area contributed by atoms with E-state index >= 15 is 0 Å². The van der Waals surface area contributed by atoms with E-state index in [2.05, 4.69) is 0 Å². The average molecular weight is 284 g/mol. The second-order valence-corrected chi connectivity index (χ2v) is 6.06. The second kappa shape index (κ2) is 8.69. The van der Waals surface area contributed by atoms with Crippen molar-refractivity contribution in [3.8, 4) is 5.75 Å². The minimum Gasteiger partial charge on any atom is -0.494 e. The molecule has 106 valence electrons. The van der Waals surface area contributed by atoms with Crippen molar-refractivity contribution in [3.63, 3.8) is 0 Å². The molecule has 0 amide bonds. The van der Waals surface area contributed by atoms with Gasteiger partial charge in [-0.2, -0.15) is 0 Å². The van der Waals surface area contributed by atoms with Crippen molar-refractivity contribution in [2.24, 2.45) is 0 Å². The highest BCUT2D eigenvalue weighted by atomic mass is 32.2. The fraction of sp³-hybridized carbons (Fsp3) is 0.500. The van der Waals surface area contributed by atoms with Gasteiger partial charge in [-0.1, -0.05) is 12.1 Å². The van der Waals surface area contributed by atoms with E-state index in [9.17, 15) is 9.00 Å². The summed E-state index contributed by atoms with van der Waals surface area (Å²) in [7, 11) is -1.03. The first-order valence-electron chi connectivity index (χ1n) is 6.34. The molecule has 19 heavy (non-hydrogen) atoms. The molecule has 1 aromatic rings. The first kappa shape index (κ1) is 15.7. The third-order valence-electron chi connectivity index (χ3n) is 2.57. The van der Waals surface area contributed by atoms with E-state index < -0.39 is 16.8 Å². The Morgan fingerprint density at radius 3 is 2.79 bits per heavy atom. The predicted octanol–water partition coefficient (Wildman–Crippen LogP) is 2.38. The van der Waals surface area contributed by atoms with Gasteiger partial charge in [-0.15, -0.1) is 0 Å². The van der Waals surface area contributed by atoms with Crippen LogP contribution in [0.15, 0.2) is 24.3 Å². The molecule has 4 nitrogen and oxygen atoms in total. The number of carbonyl (C=O) groups is 1. The summed E-state index contributed by atoms with van der Waals surface area (Å²) in [5.74, 6) is 0.751. The van der Waals surface area contributed by atoms with Crippen LogP contribution in [0.2, 0.25) is 0 Å². The topological polar surface area (TPSA) is 63.6 Å². The lowest BCUT2D eigenvalue weighted by molar-refractivity contribution is -0.136. The van der Waals surface area contributed by atoms with Crippen LogP contribution in [-0.2, 0) is 15.6 Å². The molecule has 0 saturated heterocycles. The lowest BCUT2D eigenvalue weighted by Crippen LogP contribution is -2.08. The Bertz CT molecular complexity index is 431. The molecule has 0 heterocycles. The predicted molar refractivity (Wildman–Crippen MR) is 76.0 cm³/mol. The van der Waals surface area contributed by atoms with Crippen LogP contribution >= 0.6 is 0 Å². The van der Waals surface area contributed by atoms with Crippen molar-refractivity contribution < 1.29 is 18.8 Å². The number of rotatable bonds is 9. The van der Waals surface area contributed by atoms with Crippen LogP contribution in [0.25, 0.3) is 0 Å². The number of ether oxygens (including phenoxy) is 1. The number of aryl methyl sites for hydroxylation is 1. The lowest BCUT2D eigenvalue weighted by atomic mass is 10.2. The highest BCUT2D eigenvalue weighted by Crippen LogP contribution is 2.12. The zero-order chi connectivity index (χ0) is 14.1.